The van der Waals surface area contributed by atoms with E-state index in [1.807, 2.05) is 6.07 Å². The number of amides is 3. The van der Waals surface area contributed by atoms with Gasteiger partial charge in [-0.3, -0.25) is 9.69 Å². The van der Waals surface area contributed by atoms with E-state index in [1.54, 1.807) is 6.92 Å². The van der Waals surface area contributed by atoms with Gasteiger partial charge in [-0.25, -0.2) is 23.0 Å². The lowest BCUT2D eigenvalue weighted by atomic mass is 9.72. The number of urea groups is 1. The summed E-state index contributed by atoms with van der Waals surface area (Å²) in [5, 5.41) is 15.3. The lowest BCUT2D eigenvalue weighted by molar-refractivity contribution is -0.249. The zero-order valence-corrected chi connectivity index (χ0v) is 27.9. The van der Waals surface area contributed by atoms with Crippen LogP contribution in [0.5, 0.6) is 17.4 Å². The van der Waals surface area contributed by atoms with E-state index in [4.69, 9.17) is 18.9 Å². The summed E-state index contributed by atoms with van der Waals surface area (Å²) in [6.45, 7) is 1.68. The van der Waals surface area contributed by atoms with Gasteiger partial charge in [-0.05, 0) is 49.4 Å². The number of nitriles is 1. The fourth-order valence-corrected chi connectivity index (χ4v) is 7.99. The van der Waals surface area contributed by atoms with Gasteiger partial charge in [0.2, 0.25) is 5.88 Å². The van der Waals surface area contributed by atoms with Crippen LogP contribution < -0.4 is 29.1 Å². The molecule has 0 radical (unpaired) electrons. The molecule has 2 atom stereocenters. The molecule has 1 spiro atoms. The van der Waals surface area contributed by atoms with Crippen molar-refractivity contribution in [3.05, 3.63) is 71.4 Å². The van der Waals surface area contributed by atoms with Crippen LogP contribution in [-0.2, 0) is 29.9 Å². The summed E-state index contributed by atoms with van der Waals surface area (Å²) in [5.74, 6) is -3.96. The number of anilines is 1. The van der Waals surface area contributed by atoms with Gasteiger partial charge in [0.25, 0.3) is 15.9 Å². The molecule has 268 valence electrons. The molecule has 2 aromatic carbocycles. The number of esters is 1. The first-order chi connectivity index (χ1) is 24.2. The Labute approximate surface area is 288 Å². The molecule has 15 nitrogen and oxygen atoms in total. The van der Waals surface area contributed by atoms with Gasteiger partial charge in [0, 0.05) is 37.5 Å². The molecule has 0 saturated carbocycles. The number of nitrogens with one attached hydrogen (secondary N) is 2. The van der Waals surface area contributed by atoms with E-state index in [-0.39, 0.29) is 66.0 Å². The van der Waals surface area contributed by atoms with E-state index in [9.17, 15) is 36.4 Å². The number of carbonyl (C=O) groups excluding carboxylic acids is 3. The van der Waals surface area contributed by atoms with Crippen molar-refractivity contribution in [1.29, 1.82) is 5.26 Å². The maximum Gasteiger partial charge on any atom is 0.491 e. The third kappa shape index (κ3) is 5.50. The lowest BCUT2D eigenvalue weighted by Crippen LogP contribution is -2.80. The van der Waals surface area contributed by atoms with Crippen LogP contribution in [0.1, 0.15) is 23.6 Å². The molecule has 3 aliphatic heterocycles. The maximum absolute atomic E-state index is 15.1. The number of alkyl halides is 3. The molecule has 2 unspecified atom stereocenters. The minimum Gasteiger partial charge on any atom is -0.497 e. The number of methoxy groups -OCH3 is 2. The molecule has 51 heavy (non-hydrogen) atoms. The third-order valence-corrected chi connectivity index (χ3v) is 10.6. The Balaban J connectivity index is 1.54. The van der Waals surface area contributed by atoms with Crippen molar-refractivity contribution in [3.8, 4) is 23.4 Å². The van der Waals surface area contributed by atoms with Crippen LogP contribution in [0.2, 0.25) is 0 Å². The predicted molar refractivity (Wildman–Crippen MR) is 168 cm³/mol. The van der Waals surface area contributed by atoms with Gasteiger partial charge < -0.3 is 29.6 Å². The van der Waals surface area contributed by atoms with Crippen LogP contribution in [-0.4, -0.2) is 89.1 Å². The zero-order valence-electron chi connectivity index (χ0n) is 27.1. The van der Waals surface area contributed by atoms with Crippen LogP contribution in [0.25, 0.3) is 0 Å². The second kappa shape index (κ2) is 12.6. The average Bonchev–Trinajstić information content (AvgIpc) is 3.32. The minimum atomic E-state index is -5.37. The predicted octanol–water partition coefficient (Wildman–Crippen LogP) is 2.39. The van der Waals surface area contributed by atoms with Gasteiger partial charge in [-0.1, -0.05) is 0 Å². The minimum absolute atomic E-state index is 0.00942. The number of nitrogens with zero attached hydrogens (tertiary/aromatic N) is 4. The molecule has 2 saturated heterocycles. The summed E-state index contributed by atoms with van der Waals surface area (Å²) in [4.78, 5) is 45.8. The second-order valence-electron chi connectivity index (χ2n) is 11.8. The normalized spacial score (nSPS) is 20.4. The highest BCUT2D eigenvalue weighted by Gasteiger charge is 2.65. The molecule has 3 aromatic rings. The van der Waals surface area contributed by atoms with Crippen molar-refractivity contribution in [2.45, 2.75) is 29.8 Å². The molecule has 0 bridgehead atoms. The van der Waals surface area contributed by atoms with Crippen LogP contribution in [0.3, 0.4) is 0 Å². The summed E-state index contributed by atoms with van der Waals surface area (Å²) in [6.07, 6.45) is -5.75. The molecular weight excluding hydrogens is 701 g/mol. The molecule has 19 heteroatoms. The van der Waals surface area contributed by atoms with Crippen molar-refractivity contribution in [1.82, 2.24) is 20.5 Å². The summed E-state index contributed by atoms with van der Waals surface area (Å²) in [7, 11) is -2.34. The van der Waals surface area contributed by atoms with E-state index < -0.39 is 56.2 Å². The lowest BCUT2D eigenvalue weighted by Gasteiger charge is -2.60. The standard InChI is InChI=1S/C32H29F3N6O9S/c1-4-49-25-20(6-5-11-38-25)31(39-29(44)40-17-30(15-37-16-30)27(40)50-28(43)32(33,34)35)21-12-18(14-36)7-9-22(21)41(26(31)42)51(45,46)24-10-8-19(47-2)13-23(24)48-3/h5-13,27,37H,4,15-17H2,1-3H3,(H,39,44). The van der Waals surface area contributed by atoms with Gasteiger partial charge >= 0.3 is 18.2 Å². The topological polar surface area (TPSA) is 189 Å². The van der Waals surface area contributed by atoms with Gasteiger partial charge in [-0.2, -0.15) is 22.7 Å². The molecule has 1 aromatic heterocycles. The van der Waals surface area contributed by atoms with Gasteiger partial charge in [0.15, 0.2) is 11.8 Å². The molecule has 3 aliphatic rings. The van der Waals surface area contributed by atoms with E-state index in [0.717, 1.165) is 11.0 Å². The highest BCUT2D eigenvalue weighted by atomic mass is 32.2. The fourth-order valence-electron chi connectivity index (χ4n) is 6.38. The number of halogens is 3. The van der Waals surface area contributed by atoms with E-state index in [2.05, 4.69) is 15.6 Å². The van der Waals surface area contributed by atoms with Gasteiger partial charge in [0.1, 0.15) is 16.4 Å². The van der Waals surface area contributed by atoms with Crippen LogP contribution >= 0.6 is 0 Å². The Morgan fingerprint density at radius 3 is 2.47 bits per heavy atom. The number of carbonyl (C=O) groups is 3. The summed E-state index contributed by atoms with van der Waals surface area (Å²) in [5.41, 5.74) is -4.23. The highest BCUT2D eigenvalue weighted by molar-refractivity contribution is 7.93. The molecule has 2 N–H and O–H groups in total. The summed E-state index contributed by atoms with van der Waals surface area (Å²) >= 11 is 0. The third-order valence-electron chi connectivity index (χ3n) is 8.85. The Morgan fingerprint density at radius 1 is 1.12 bits per heavy atom. The second-order valence-corrected chi connectivity index (χ2v) is 13.5. The Kier molecular flexibility index (Phi) is 8.71. The SMILES string of the molecule is CCOc1ncccc1C1(NC(=O)N2CC3(CNC3)C2OC(=O)C(F)(F)F)C(=O)N(S(=O)(=O)c2ccc(OC)cc2OC)c2ccc(C#N)cc21. The van der Waals surface area contributed by atoms with E-state index in [1.165, 1.54) is 62.9 Å². The number of benzene rings is 2. The van der Waals surface area contributed by atoms with Crippen molar-refractivity contribution < 1.29 is 54.9 Å². The molecule has 3 amide bonds. The number of sulfonamides is 1. The van der Waals surface area contributed by atoms with Crippen LogP contribution in [0.4, 0.5) is 23.7 Å². The number of fused-ring (bicyclic) bond motifs is 1. The molecule has 4 heterocycles. The number of hydrogen-bond donors (Lipinski definition) is 2. The average molecular weight is 731 g/mol. The first-order valence-corrected chi connectivity index (χ1v) is 16.6. The number of ether oxygens (including phenoxy) is 4. The largest absolute Gasteiger partial charge is 0.497 e. The monoisotopic (exact) mass is 730 g/mol. The van der Waals surface area contributed by atoms with Crippen molar-refractivity contribution in [3.63, 3.8) is 0 Å². The van der Waals surface area contributed by atoms with Crippen molar-refractivity contribution >= 4 is 33.6 Å². The Morgan fingerprint density at radius 2 is 1.86 bits per heavy atom. The smallest absolute Gasteiger partial charge is 0.491 e. The zero-order chi connectivity index (χ0) is 36.9. The van der Waals surface area contributed by atoms with Crippen LogP contribution in [0, 0.1) is 16.7 Å². The van der Waals surface area contributed by atoms with E-state index in [0.29, 0.717) is 4.31 Å². The Hall–Kier alpha value is -5.61. The number of likely N-dealkylation sites (tertiary alicyclic amines) is 1. The summed E-state index contributed by atoms with van der Waals surface area (Å²) in [6, 6.07) is 10.9. The number of pyridine rings is 1. The van der Waals surface area contributed by atoms with Crippen LogP contribution in [0.15, 0.2) is 59.6 Å². The number of hydrogen-bond acceptors (Lipinski definition) is 12. The van der Waals surface area contributed by atoms with E-state index >= 15 is 4.79 Å². The van der Waals surface area contributed by atoms with Crippen molar-refractivity contribution in [2.75, 3.05) is 44.8 Å². The van der Waals surface area contributed by atoms with Gasteiger partial charge in [0.05, 0.1) is 49.1 Å². The maximum atomic E-state index is 15.1. The molecule has 0 aliphatic carbocycles. The molecule has 2 fully saturated rings. The fraction of sp³-hybridized carbons (Fsp3) is 0.344. The Bertz CT molecular complexity index is 2090. The highest BCUT2D eigenvalue weighted by Crippen LogP contribution is 2.51. The number of rotatable bonds is 9. The van der Waals surface area contributed by atoms with Crippen molar-refractivity contribution in [2.24, 2.45) is 5.41 Å². The molecular formula is C32H29F3N6O9S. The summed E-state index contributed by atoms with van der Waals surface area (Å²) < 4.78 is 90.4. The molecule has 6 rings (SSSR count). The van der Waals surface area contributed by atoms with Gasteiger partial charge in [-0.15, -0.1) is 0 Å². The quantitative estimate of drug-likeness (QED) is 0.307. The number of aromatic nitrogens is 1. The first-order valence-electron chi connectivity index (χ1n) is 15.2. The first kappa shape index (κ1) is 35.2.